The van der Waals surface area contributed by atoms with Crippen LogP contribution in [0.2, 0.25) is 0 Å². The Hall–Kier alpha value is -3.41. The minimum atomic E-state index is -0.149. The van der Waals surface area contributed by atoms with Gasteiger partial charge in [0, 0.05) is 44.9 Å². The Morgan fingerprint density at radius 1 is 0.852 bits per heavy atom. The predicted molar refractivity (Wildman–Crippen MR) is 105 cm³/mol. The maximum atomic E-state index is 12.3. The van der Waals surface area contributed by atoms with Crippen molar-refractivity contribution in [1.29, 1.82) is 0 Å². The number of nitrogens with zero attached hydrogens (tertiary/aromatic N) is 1. The lowest BCUT2D eigenvalue weighted by atomic mass is 10.1. The van der Waals surface area contributed by atoms with Gasteiger partial charge >= 0.3 is 0 Å². The van der Waals surface area contributed by atoms with Crippen LogP contribution in [0.3, 0.4) is 0 Å². The normalized spacial score (nSPS) is 10.5. The van der Waals surface area contributed by atoms with Crippen LogP contribution in [-0.2, 0) is 11.3 Å². The molecule has 0 aliphatic rings. The molecule has 6 heteroatoms. The summed E-state index contributed by atoms with van der Waals surface area (Å²) in [7, 11) is 4.88. The van der Waals surface area contributed by atoms with Gasteiger partial charge in [-0.05, 0) is 41.5 Å². The molecule has 6 nitrogen and oxygen atoms in total. The van der Waals surface area contributed by atoms with E-state index < -0.39 is 0 Å². The third-order valence-corrected chi connectivity index (χ3v) is 4.06. The lowest BCUT2D eigenvalue weighted by molar-refractivity contribution is -0.125. The maximum Gasteiger partial charge on any atom is 0.251 e. The first-order valence-electron chi connectivity index (χ1n) is 8.51. The number of carbonyl (C=O) groups excluding carboxylic acids is 3. The largest absolute Gasteiger partial charge is 0.355 e. The zero-order chi connectivity index (χ0) is 19.8. The molecule has 0 atom stereocenters. The average Bonchev–Trinajstić information content (AvgIpc) is 2.71. The summed E-state index contributed by atoms with van der Waals surface area (Å²) in [4.78, 5) is 36.9. The number of benzene rings is 2. The molecule has 0 saturated heterocycles. The third kappa shape index (κ3) is 5.54. The fraction of sp³-hybridized carbons (Fsp3) is 0.190. The molecule has 0 heterocycles. The molecule has 3 amide bonds. The third-order valence-electron chi connectivity index (χ3n) is 4.06. The number of hydrogen-bond acceptors (Lipinski definition) is 3. The molecular weight excluding hydrogens is 342 g/mol. The van der Waals surface area contributed by atoms with E-state index in [1.54, 1.807) is 68.5 Å². The molecular formula is C21H23N3O3. The van der Waals surface area contributed by atoms with Crippen LogP contribution in [0.4, 0.5) is 0 Å². The van der Waals surface area contributed by atoms with E-state index in [4.69, 9.17) is 0 Å². The van der Waals surface area contributed by atoms with E-state index >= 15 is 0 Å². The summed E-state index contributed by atoms with van der Waals surface area (Å²) in [5, 5.41) is 5.13. The lowest BCUT2D eigenvalue weighted by Gasteiger charge is -2.15. The molecule has 0 aliphatic heterocycles. The van der Waals surface area contributed by atoms with Crippen LogP contribution in [0.25, 0.3) is 6.08 Å². The molecule has 0 unspecified atom stereocenters. The Labute approximate surface area is 158 Å². The topological polar surface area (TPSA) is 78.5 Å². The second-order valence-corrected chi connectivity index (χ2v) is 6.00. The molecule has 0 fully saturated rings. The summed E-state index contributed by atoms with van der Waals surface area (Å²) < 4.78 is 0. The Morgan fingerprint density at radius 3 is 1.81 bits per heavy atom. The van der Waals surface area contributed by atoms with Gasteiger partial charge in [-0.2, -0.15) is 0 Å². The summed E-state index contributed by atoms with van der Waals surface area (Å²) in [5.74, 6) is -0.430. The smallest absolute Gasteiger partial charge is 0.251 e. The number of amides is 3. The Balaban J connectivity index is 1.95. The second kappa shape index (κ2) is 9.33. The highest BCUT2D eigenvalue weighted by molar-refractivity contribution is 5.95. The fourth-order valence-corrected chi connectivity index (χ4v) is 2.44. The molecule has 140 valence electrons. The zero-order valence-corrected chi connectivity index (χ0v) is 15.7. The van der Waals surface area contributed by atoms with Gasteiger partial charge in [0.2, 0.25) is 5.91 Å². The van der Waals surface area contributed by atoms with E-state index in [0.717, 1.165) is 11.1 Å². The van der Waals surface area contributed by atoms with Crippen LogP contribution >= 0.6 is 0 Å². The number of rotatable bonds is 6. The van der Waals surface area contributed by atoms with E-state index in [0.29, 0.717) is 17.7 Å². The summed E-state index contributed by atoms with van der Waals surface area (Å²) in [5.41, 5.74) is 2.91. The summed E-state index contributed by atoms with van der Waals surface area (Å²) in [6.45, 7) is 0.437. The van der Waals surface area contributed by atoms with Crippen LogP contribution in [0, 0.1) is 0 Å². The number of carbonyl (C=O) groups is 3. The quantitative estimate of drug-likeness (QED) is 0.770. The van der Waals surface area contributed by atoms with Crippen molar-refractivity contribution in [3.63, 3.8) is 0 Å². The van der Waals surface area contributed by atoms with Crippen molar-refractivity contribution in [3.8, 4) is 0 Å². The standard InChI is InChI=1S/C21H23N3O3/c1-22-20(26)17-9-4-15(5-10-17)8-13-19(25)24(3)14-16-6-11-18(12-7-16)21(27)23-2/h4-13H,14H2,1-3H3,(H,22,26)(H,23,27)/b13-8+. The Kier molecular flexibility index (Phi) is 6.88. The molecule has 0 aliphatic carbocycles. The zero-order valence-electron chi connectivity index (χ0n) is 15.7. The maximum absolute atomic E-state index is 12.3. The van der Waals surface area contributed by atoms with Crippen molar-refractivity contribution in [1.82, 2.24) is 15.5 Å². The molecule has 0 aromatic heterocycles. The van der Waals surface area contributed by atoms with Gasteiger partial charge in [0.25, 0.3) is 11.8 Å². The van der Waals surface area contributed by atoms with Crippen molar-refractivity contribution in [2.75, 3.05) is 21.1 Å². The number of hydrogen-bond donors (Lipinski definition) is 2. The SMILES string of the molecule is CNC(=O)c1ccc(/C=C/C(=O)N(C)Cc2ccc(C(=O)NC)cc2)cc1. The second-order valence-electron chi connectivity index (χ2n) is 6.00. The van der Waals surface area contributed by atoms with E-state index in [-0.39, 0.29) is 17.7 Å². The Bertz CT molecular complexity index is 840. The molecule has 0 spiro atoms. The predicted octanol–water partition coefficient (Wildman–Crippen LogP) is 2.08. The van der Waals surface area contributed by atoms with Gasteiger partial charge < -0.3 is 15.5 Å². The minimum Gasteiger partial charge on any atom is -0.355 e. The highest BCUT2D eigenvalue weighted by Crippen LogP contribution is 2.09. The summed E-state index contributed by atoms with van der Waals surface area (Å²) in [6, 6.07) is 14.1. The molecule has 2 N–H and O–H groups in total. The van der Waals surface area contributed by atoms with Gasteiger partial charge in [-0.15, -0.1) is 0 Å². The van der Waals surface area contributed by atoms with E-state index in [1.807, 2.05) is 12.1 Å². The first-order valence-corrected chi connectivity index (χ1v) is 8.51. The molecule has 2 aromatic carbocycles. The molecule has 0 saturated carbocycles. The molecule has 2 aromatic rings. The number of nitrogens with one attached hydrogen (secondary N) is 2. The van der Waals surface area contributed by atoms with Crippen molar-refractivity contribution in [3.05, 3.63) is 76.9 Å². The van der Waals surface area contributed by atoms with Gasteiger partial charge in [0.15, 0.2) is 0 Å². The van der Waals surface area contributed by atoms with Crippen LogP contribution in [-0.4, -0.2) is 43.8 Å². The Morgan fingerprint density at radius 2 is 1.33 bits per heavy atom. The minimum absolute atomic E-state index is 0.138. The van der Waals surface area contributed by atoms with E-state index in [9.17, 15) is 14.4 Å². The van der Waals surface area contributed by atoms with E-state index in [1.165, 1.54) is 6.08 Å². The van der Waals surface area contributed by atoms with Crippen LogP contribution in [0.5, 0.6) is 0 Å². The highest BCUT2D eigenvalue weighted by atomic mass is 16.2. The lowest BCUT2D eigenvalue weighted by Crippen LogP contribution is -2.24. The first kappa shape index (κ1) is 19.9. The van der Waals surface area contributed by atoms with Crippen molar-refractivity contribution in [2.45, 2.75) is 6.54 Å². The number of likely N-dealkylation sites (N-methyl/N-ethyl adjacent to an activating group) is 1. The first-order chi connectivity index (χ1) is 12.9. The molecule has 0 bridgehead atoms. The van der Waals surface area contributed by atoms with Gasteiger partial charge in [-0.3, -0.25) is 14.4 Å². The molecule has 27 heavy (non-hydrogen) atoms. The fourth-order valence-electron chi connectivity index (χ4n) is 2.44. The molecule has 0 radical (unpaired) electrons. The summed E-state index contributed by atoms with van der Waals surface area (Å²) >= 11 is 0. The van der Waals surface area contributed by atoms with Crippen molar-refractivity contribution >= 4 is 23.8 Å². The van der Waals surface area contributed by atoms with Crippen LogP contribution < -0.4 is 10.6 Å². The van der Waals surface area contributed by atoms with Gasteiger partial charge in [-0.25, -0.2) is 0 Å². The van der Waals surface area contributed by atoms with Gasteiger partial charge in [0.05, 0.1) is 0 Å². The van der Waals surface area contributed by atoms with Crippen LogP contribution in [0.15, 0.2) is 54.6 Å². The summed E-state index contributed by atoms with van der Waals surface area (Å²) in [6.07, 6.45) is 3.20. The monoisotopic (exact) mass is 365 g/mol. The van der Waals surface area contributed by atoms with Gasteiger partial charge in [-0.1, -0.05) is 24.3 Å². The average molecular weight is 365 g/mol. The van der Waals surface area contributed by atoms with Crippen molar-refractivity contribution < 1.29 is 14.4 Å². The molecule has 2 rings (SSSR count). The van der Waals surface area contributed by atoms with Crippen LogP contribution in [0.1, 0.15) is 31.8 Å². The highest BCUT2D eigenvalue weighted by Gasteiger charge is 2.08. The van der Waals surface area contributed by atoms with Crippen molar-refractivity contribution in [2.24, 2.45) is 0 Å². The van der Waals surface area contributed by atoms with Gasteiger partial charge in [0.1, 0.15) is 0 Å². The van der Waals surface area contributed by atoms with E-state index in [2.05, 4.69) is 10.6 Å².